The standard InChI is InChI=1S/C23H13BrCl2N2O3/c24-18-5-2-1-4-17(18)23(30)31-16-10-8-14(9-11-16)12-15(13-27)22(29)28-20-7-3-6-19(25)21(20)26/h1-12H,(H,28,29)/b15-12+. The van der Waals surface area contributed by atoms with Gasteiger partial charge in [-0.25, -0.2) is 4.79 Å². The summed E-state index contributed by atoms with van der Waals surface area (Å²) in [7, 11) is 0. The van der Waals surface area contributed by atoms with Gasteiger partial charge < -0.3 is 10.1 Å². The summed E-state index contributed by atoms with van der Waals surface area (Å²) >= 11 is 15.3. The monoisotopic (exact) mass is 514 g/mol. The number of ether oxygens (including phenoxy) is 1. The van der Waals surface area contributed by atoms with Gasteiger partial charge in [0.15, 0.2) is 0 Å². The van der Waals surface area contributed by atoms with Crippen molar-refractivity contribution >= 4 is 62.8 Å². The number of rotatable bonds is 5. The molecule has 0 heterocycles. The molecular weight excluding hydrogens is 503 g/mol. The average molecular weight is 516 g/mol. The van der Waals surface area contributed by atoms with Gasteiger partial charge in [0.05, 0.1) is 21.3 Å². The van der Waals surface area contributed by atoms with Gasteiger partial charge in [0, 0.05) is 4.47 Å². The van der Waals surface area contributed by atoms with E-state index in [1.165, 1.54) is 6.08 Å². The van der Waals surface area contributed by atoms with Gasteiger partial charge in [0.1, 0.15) is 17.4 Å². The number of hydrogen-bond acceptors (Lipinski definition) is 4. The molecule has 3 aromatic carbocycles. The molecule has 0 atom stereocenters. The summed E-state index contributed by atoms with van der Waals surface area (Å²) in [6.45, 7) is 0. The van der Waals surface area contributed by atoms with E-state index in [-0.39, 0.29) is 15.6 Å². The fourth-order valence-corrected chi connectivity index (χ4v) is 3.32. The summed E-state index contributed by atoms with van der Waals surface area (Å²) in [5.74, 6) is -0.811. The number of carbonyl (C=O) groups is 2. The lowest BCUT2D eigenvalue weighted by Gasteiger charge is -2.08. The molecule has 0 aliphatic heterocycles. The van der Waals surface area contributed by atoms with Crippen LogP contribution in [0, 0.1) is 11.3 Å². The predicted octanol–water partition coefficient (Wildman–Crippen LogP) is 6.52. The molecule has 1 amide bonds. The normalized spacial score (nSPS) is 10.8. The molecule has 0 aliphatic carbocycles. The highest BCUT2D eigenvalue weighted by Crippen LogP contribution is 2.30. The minimum absolute atomic E-state index is 0.131. The van der Waals surface area contributed by atoms with Gasteiger partial charge in [0.2, 0.25) is 0 Å². The van der Waals surface area contributed by atoms with Gasteiger partial charge in [-0.2, -0.15) is 5.26 Å². The minimum Gasteiger partial charge on any atom is -0.423 e. The van der Waals surface area contributed by atoms with E-state index in [1.54, 1.807) is 66.7 Å². The third-order valence-corrected chi connectivity index (χ3v) is 5.57. The molecular formula is C23H13BrCl2N2O3. The van der Waals surface area contributed by atoms with Crippen LogP contribution >= 0.6 is 39.1 Å². The molecule has 154 valence electrons. The van der Waals surface area contributed by atoms with E-state index in [2.05, 4.69) is 21.2 Å². The van der Waals surface area contributed by atoms with E-state index in [9.17, 15) is 14.9 Å². The summed E-state index contributed by atoms with van der Waals surface area (Å²) in [5, 5.41) is 12.4. The molecule has 0 bridgehead atoms. The van der Waals surface area contributed by atoms with Crippen LogP contribution < -0.4 is 10.1 Å². The summed E-state index contributed by atoms with van der Waals surface area (Å²) in [6.07, 6.45) is 1.41. The van der Waals surface area contributed by atoms with Crippen LogP contribution in [0.4, 0.5) is 5.69 Å². The first-order valence-electron chi connectivity index (χ1n) is 8.83. The van der Waals surface area contributed by atoms with E-state index < -0.39 is 11.9 Å². The maximum absolute atomic E-state index is 12.4. The maximum atomic E-state index is 12.4. The molecule has 0 saturated carbocycles. The number of carbonyl (C=O) groups excluding carboxylic acids is 2. The Labute approximate surface area is 197 Å². The lowest BCUT2D eigenvalue weighted by atomic mass is 10.1. The highest BCUT2D eigenvalue weighted by Gasteiger charge is 2.14. The summed E-state index contributed by atoms with van der Waals surface area (Å²) in [4.78, 5) is 24.7. The number of hydrogen-bond donors (Lipinski definition) is 1. The second-order valence-corrected chi connectivity index (χ2v) is 7.80. The van der Waals surface area contributed by atoms with E-state index in [0.717, 1.165) is 0 Å². The Hall–Kier alpha value is -3.11. The van der Waals surface area contributed by atoms with Crippen molar-refractivity contribution < 1.29 is 14.3 Å². The zero-order chi connectivity index (χ0) is 22.4. The quantitative estimate of drug-likeness (QED) is 0.181. The van der Waals surface area contributed by atoms with Crippen LogP contribution in [0.5, 0.6) is 5.75 Å². The van der Waals surface area contributed by atoms with Crippen LogP contribution in [0.15, 0.2) is 76.8 Å². The smallest absolute Gasteiger partial charge is 0.344 e. The predicted molar refractivity (Wildman–Crippen MR) is 124 cm³/mol. The molecule has 0 aromatic heterocycles. The molecule has 0 spiro atoms. The molecule has 0 saturated heterocycles. The molecule has 0 radical (unpaired) electrons. The van der Waals surface area contributed by atoms with Gasteiger partial charge in [-0.05, 0) is 64.0 Å². The van der Waals surface area contributed by atoms with Crippen LogP contribution in [-0.4, -0.2) is 11.9 Å². The van der Waals surface area contributed by atoms with Crippen LogP contribution in [0.25, 0.3) is 6.08 Å². The molecule has 8 heteroatoms. The Bertz CT molecular complexity index is 1220. The van der Waals surface area contributed by atoms with Gasteiger partial charge >= 0.3 is 5.97 Å². The minimum atomic E-state index is -0.629. The van der Waals surface area contributed by atoms with Gasteiger partial charge in [-0.3, -0.25) is 4.79 Å². The molecule has 3 aromatic rings. The first-order chi connectivity index (χ1) is 14.9. The Balaban J connectivity index is 1.72. The van der Waals surface area contributed by atoms with E-state index in [4.69, 9.17) is 27.9 Å². The van der Waals surface area contributed by atoms with Crippen molar-refractivity contribution in [2.75, 3.05) is 5.32 Å². The van der Waals surface area contributed by atoms with Gasteiger partial charge in [-0.15, -0.1) is 0 Å². The fourth-order valence-electron chi connectivity index (χ4n) is 2.53. The van der Waals surface area contributed by atoms with Crippen molar-refractivity contribution in [1.29, 1.82) is 5.26 Å². The first kappa shape index (κ1) is 22.6. The number of anilines is 1. The fraction of sp³-hybridized carbons (Fsp3) is 0. The number of nitrogens with zero attached hydrogens (tertiary/aromatic N) is 1. The lowest BCUT2D eigenvalue weighted by Crippen LogP contribution is -2.13. The molecule has 0 aliphatic rings. The van der Waals surface area contributed by atoms with Crippen LogP contribution in [0.2, 0.25) is 10.0 Å². The second-order valence-electron chi connectivity index (χ2n) is 6.16. The Morgan fingerprint density at radius 2 is 1.71 bits per heavy atom. The van der Waals surface area contributed by atoms with Crippen molar-refractivity contribution in [3.8, 4) is 11.8 Å². The largest absolute Gasteiger partial charge is 0.423 e. The molecule has 31 heavy (non-hydrogen) atoms. The van der Waals surface area contributed by atoms with Crippen molar-refractivity contribution in [1.82, 2.24) is 0 Å². The lowest BCUT2D eigenvalue weighted by molar-refractivity contribution is -0.112. The van der Waals surface area contributed by atoms with Crippen molar-refractivity contribution in [3.05, 3.63) is 97.9 Å². The molecule has 5 nitrogen and oxygen atoms in total. The third kappa shape index (κ3) is 5.74. The van der Waals surface area contributed by atoms with Gasteiger partial charge in [0.25, 0.3) is 5.91 Å². The summed E-state index contributed by atoms with van der Waals surface area (Å²) in [6, 6.07) is 20.0. The SMILES string of the molecule is N#C/C(=C\c1ccc(OC(=O)c2ccccc2Br)cc1)C(=O)Nc1cccc(Cl)c1Cl. The Morgan fingerprint density at radius 3 is 2.39 bits per heavy atom. The number of nitriles is 1. The van der Waals surface area contributed by atoms with Crippen LogP contribution in [0.3, 0.4) is 0 Å². The number of halogens is 3. The zero-order valence-electron chi connectivity index (χ0n) is 15.7. The number of nitrogens with one attached hydrogen (secondary N) is 1. The Kier molecular flexibility index (Phi) is 7.48. The van der Waals surface area contributed by atoms with Crippen molar-refractivity contribution in [2.24, 2.45) is 0 Å². The van der Waals surface area contributed by atoms with Crippen LogP contribution in [-0.2, 0) is 4.79 Å². The van der Waals surface area contributed by atoms with Gasteiger partial charge in [-0.1, -0.05) is 53.5 Å². The highest BCUT2D eigenvalue weighted by molar-refractivity contribution is 9.10. The number of benzene rings is 3. The molecule has 3 rings (SSSR count). The second kappa shape index (κ2) is 10.3. The topological polar surface area (TPSA) is 79.2 Å². The summed E-state index contributed by atoms with van der Waals surface area (Å²) in [5.41, 5.74) is 1.14. The average Bonchev–Trinajstić information content (AvgIpc) is 2.76. The van der Waals surface area contributed by atoms with Crippen LogP contribution in [0.1, 0.15) is 15.9 Å². The molecule has 1 N–H and O–H groups in total. The van der Waals surface area contributed by atoms with E-state index in [0.29, 0.717) is 27.0 Å². The number of esters is 1. The zero-order valence-corrected chi connectivity index (χ0v) is 18.8. The van der Waals surface area contributed by atoms with E-state index >= 15 is 0 Å². The first-order valence-corrected chi connectivity index (χ1v) is 10.4. The molecule has 0 fully saturated rings. The third-order valence-electron chi connectivity index (χ3n) is 4.06. The van der Waals surface area contributed by atoms with E-state index in [1.807, 2.05) is 6.07 Å². The van der Waals surface area contributed by atoms with Crippen molar-refractivity contribution in [3.63, 3.8) is 0 Å². The molecule has 0 unspecified atom stereocenters. The highest BCUT2D eigenvalue weighted by atomic mass is 79.9. The maximum Gasteiger partial charge on any atom is 0.344 e. The Morgan fingerprint density at radius 1 is 1.00 bits per heavy atom. The summed E-state index contributed by atoms with van der Waals surface area (Å²) < 4.78 is 5.99. The van der Waals surface area contributed by atoms with Crippen molar-refractivity contribution in [2.45, 2.75) is 0 Å². The number of amides is 1.